The number of nitrogens with zero attached hydrogens (tertiary/aromatic N) is 1. The molecule has 21 heavy (non-hydrogen) atoms. The first-order chi connectivity index (χ1) is 9.93. The van der Waals surface area contributed by atoms with Gasteiger partial charge in [0, 0.05) is 19.0 Å². The monoisotopic (exact) mass is 295 g/mol. The Labute approximate surface area is 127 Å². The molecule has 3 atom stereocenters. The Morgan fingerprint density at radius 2 is 1.76 bits per heavy atom. The number of carboxylic acid groups (broad SMARTS) is 1. The van der Waals surface area contributed by atoms with Crippen molar-refractivity contribution in [2.45, 2.75) is 65.3 Å². The van der Waals surface area contributed by atoms with E-state index in [4.69, 9.17) is 0 Å². The van der Waals surface area contributed by atoms with Gasteiger partial charge in [-0.15, -0.1) is 0 Å². The van der Waals surface area contributed by atoms with Crippen LogP contribution in [-0.4, -0.2) is 34.5 Å². The summed E-state index contributed by atoms with van der Waals surface area (Å²) in [5.41, 5.74) is 0. The molecule has 2 rings (SSSR count). The number of piperidine rings is 1. The molecule has 0 radical (unpaired) electrons. The molecule has 0 aromatic heterocycles. The number of carbonyl (C=O) groups excluding carboxylic acids is 1. The number of likely N-dealkylation sites (tertiary alicyclic amines) is 1. The van der Waals surface area contributed by atoms with E-state index in [1.165, 1.54) is 32.1 Å². The topological polar surface area (TPSA) is 57.6 Å². The average Bonchev–Trinajstić information content (AvgIpc) is 2.43. The van der Waals surface area contributed by atoms with E-state index in [0.29, 0.717) is 12.3 Å². The fourth-order valence-corrected chi connectivity index (χ4v) is 4.23. The first-order valence-electron chi connectivity index (χ1n) is 8.46. The van der Waals surface area contributed by atoms with Gasteiger partial charge in [0.05, 0.1) is 5.92 Å². The molecule has 1 N–H and O–H groups in total. The van der Waals surface area contributed by atoms with Gasteiger partial charge >= 0.3 is 5.97 Å². The third kappa shape index (κ3) is 3.58. The van der Waals surface area contributed by atoms with E-state index in [2.05, 4.69) is 6.92 Å². The van der Waals surface area contributed by atoms with Gasteiger partial charge in [0.2, 0.25) is 5.91 Å². The highest BCUT2D eigenvalue weighted by Gasteiger charge is 2.42. The van der Waals surface area contributed by atoms with Crippen LogP contribution in [0, 0.1) is 23.7 Å². The molecule has 0 bridgehead atoms. The van der Waals surface area contributed by atoms with Gasteiger partial charge in [-0.05, 0) is 37.5 Å². The summed E-state index contributed by atoms with van der Waals surface area (Å²) in [7, 11) is 0. The zero-order valence-corrected chi connectivity index (χ0v) is 13.5. The number of carboxylic acids is 1. The number of aliphatic carboxylic acids is 1. The number of rotatable bonds is 4. The van der Waals surface area contributed by atoms with E-state index in [1.807, 2.05) is 18.7 Å². The Morgan fingerprint density at radius 3 is 2.29 bits per heavy atom. The van der Waals surface area contributed by atoms with Crippen LogP contribution >= 0.6 is 0 Å². The van der Waals surface area contributed by atoms with Gasteiger partial charge in [0.25, 0.3) is 0 Å². The predicted octanol–water partition coefficient (Wildman–Crippen LogP) is 3.16. The van der Waals surface area contributed by atoms with Crippen LogP contribution in [0.4, 0.5) is 0 Å². The molecule has 1 aliphatic heterocycles. The van der Waals surface area contributed by atoms with Crippen LogP contribution in [0.2, 0.25) is 0 Å². The Morgan fingerprint density at radius 1 is 1.19 bits per heavy atom. The predicted molar refractivity (Wildman–Crippen MR) is 81.8 cm³/mol. The second-order valence-electron chi connectivity index (χ2n) is 7.13. The maximum atomic E-state index is 12.3. The summed E-state index contributed by atoms with van der Waals surface area (Å²) in [5, 5.41) is 9.42. The summed E-state index contributed by atoms with van der Waals surface area (Å²) >= 11 is 0. The lowest BCUT2D eigenvalue weighted by Gasteiger charge is -2.43. The molecule has 0 aromatic rings. The van der Waals surface area contributed by atoms with Gasteiger partial charge in [-0.1, -0.05) is 33.1 Å². The minimum absolute atomic E-state index is 0.0583. The standard InChI is InChI=1S/C17H29NO3/c1-4-13-5-7-14(8-6-13)10-18-12(3)16(17(20)21)11(2)9-15(18)19/h11-14,16H,4-10H2,1-3H3,(H,20,21). The van der Waals surface area contributed by atoms with E-state index in [0.717, 1.165) is 12.5 Å². The van der Waals surface area contributed by atoms with E-state index >= 15 is 0 Å². The van der Waals surface area contributed by atoms with Gasteiger partial charge in [-0.2, -0.15) is 0 Å². The van der Waals surface area contributed by atoms with Crippen LogP contribution in [0.25, 0.3) is 0 Å². The fourth-order valence-electron chi connectivity index (χ4n) is 4.23. The second kappa shape index (κ2) is 6.80. The largest absolute Gasteiger partial charge is 0.481 e. The van der Waals surface area contributed by atoms with Gasteiger partial charge in [0.15, 0.2) is 0 Å². The first-order valence-corrected chi connectivity index (χ1v) is 8.46. The smallest absolute Gasteiger partial charge is 0.308 e. The van der Waals surface area contributed by atoms with Crippen molar-refractivity contribution in [2.24, 2.45) is 23.7 Å². The fraction of sp³-hybridized carbons (Fsp3) is 0.882. The number of amides is 1. The quantitative estimate of drug-likeness (QED) is 0.866. The van der Waals surface area contributed by atoms with E-state index in [1.54, 1.807) is 0 Å². The van der Waals surface area contributed by atoms with E-state index < -0.39 is 11.9 Å². The molecule has 1 aliphatic carbocycles. The molecule has 120 valence electrons. The van der Waals surface area contributed by atoms with Crippen LogP contribution in [0.5, 0.6) is 0 Å². The van der Waals surface area contributed by atoms with E-state index in [-0.39, 0.29) is 17.9 Å². The number of hydrogen-bond donors (Lipinski definition) is 1. The summed E-state index contributed by atoms with van der Waals surface area (Å²) in [5.74, 6) is 0.309. The van der Waals surface area contributed by atoms with Gasteiger partial charge in [-0.25, -0.2) is 0 Å². The van der Waals surface area contributed by atoms with Gasteiger partial charge in [0.1, 0.15) is 0 Å². The van der Waals surface area contributed by atoms with Crippen LogP contribution in [0.1, 0.15) is 59.3 Å². The van der Waals surface area contributed by atoms with Crippen LogP contribution < -0.4 is 0 Å². The minimum atomic E-state index is -0.762. The lowest BCUT2D eigenvalue weighted by Crippen LogP contribution is -2.54. The molecule has 3 unspecified atom stereocenters. The Kier molecular flexibility index (Phi) is 5.28. The maximum Gasteiger partial charge on any atom is 0.308 e. The second-order valence-corrected chi connectivity index (χ2v) is 7.13. The third-order valence-corrected chi connectivity index (χ3v) is 5.73. The van der Waals surface area contributed by atoms with Crippen LogP contribution in [0.15, 0.2) is 0 Å². The molecule has 2 aliphatic rings. The Bertz CT molecular complexity index is 387. The van der Waals surface area contributed by atoms with Crippen molar-refractivity contribution in [2.75, 3.05) is 6.54 Å². The van der Waals surface area contributed by atoms with E-state index in [9.17, 15) is 14.7 Å². The molecule has 4 heteroatoms. The summed E-state index contributed by atoms with van der Waals surface area (Å²) in [4.78, 5) is 25.6. The molecular weight excluding hydrogens is 266 g/mol. The molecule has 2 fully saturated rings. The van der Waals surface area contributed by atoms with Crippen molar-refractivity contribution in [1.29, 1.82) is 0 Å². The van der Waals surface area contributed by atoms with Crippen molar-refractivity contribution < 1.29 is 14.7 Å². The molecule has 0 aromatic carbocycles. The van der Waals surface area contributed by atoms with Crippen molar-refractivity contribution in [3.05, 3.63) is 0 Å². The molecule has 1 heterocycles. The maximum absolute atomic E-state index is 12.3. The molecular formula is C17H29NO3. The summed E-state index contributed by atoms with van der Waals surface area (Å²) in [6, 6.07) is -0.178. The highest BCUT2D eigenvalue weighted by Crippen LogP contribution is 2.35. The minimum Gasteiger partial charge on any atom is -0.481 e. The Balaban J connectivity index is 1.98. The molecule has 1 amide bonds. The van der Waals surface area contributed by atoms with Gasteiger partial charge in [-0.3, -0.25) is 9.59 Å². The third-order valence-electron chi connectivity index (χ3n) is 5.73. The summed E-state index contributed by atoms with van der Waals surface area (Å²) < 4.78 is 0. The summed E-state index contributed by atoms with van der Waals surface area (Å²) in [6.45, 7) is 6.80. The number of hydrogen-bond acceptors (Lipinski definition) is 2. The van der Waals surface area contributed by atoms with Crippen LogP contribution in [0.3, 0.4) is 0 Å². The SMILES string of the molecule is CCC1CCC(CN2C(=O)CC(C)C(C(=O)O)C2C)CC1. The van der Waals surface area contributed by atoms with Gasteiger partial charge < -0.3 is 10.0 Å². The molecule has 1 saturated heterocycles. The molecule has 0 spiro atoms. The molecule has 1 saturated carbocycles. The average molecular weight is 295 g/mol. The van der Waals surface area contributed by atoms with Crippen molar-refractivity contribution in [3.63, 3.8) is 0 Å². The first kappa shape index (κ1) is 16.3. The van der Waals surface area contributed by atoms with Crippen molar-refractivity contribution in [1.82, 2.24) is 4.90 Å². The lowest BCUT2D eigenvalue weighted by atomic mass is 9.78. The summed E-state index contributed by atoms with van der Waals surface area (Å²) in [6.07, 6.45) is 6.52. The van der Waals surface area contributed by atoms with Crippen LogP contribution in [-0.2, 0) is 9.59 Å². The number of carbonyl (C=O) groups is 2. The lowest BCUT2D eigenvalue weighted by molar-refractivity contribution is -0.155. The van der Waals surface area contributed by atoms with Crippen molar-refractivity contribution >= 4 is 11.9 Å². The van der Waals surface area contributed by atoms with Crippen molar-refractivity contribution in [3.8, 4) is 0 Å². The zero-order chi connectivity index (χ0) is 15.6. The highest BCUT2D eigenvalue weighted by atomic mass is 16.4. The normalized spacial score (nSPS) is 37.6. The Hall–Kier alpha value is -1.06. The zero-order valence-electron chi connectivity index (χ0n) is 13.5. The highest BCUT2D eigenvalue weighted by molar-refractivity contribution is 5.81. The molecule has 4 nitrogen and oxygen atoms in total.